The lowest BCUT2D eigenvalue weighted by Crippen LogP contribution is -2.18. The molecule has 18 heavy (non-hydrogen) atoms. The zero-order chi connectivity index (χ0) is 13.2. The fourth-order valence-corrected chi connectivity index (χ4v) is 2.16. The van der Waals surface area contributed by atoms with E-state index in [1.165, 1.54) is 11.7 Å². The summed E-state index contributed by atoms with van der Waals surface area (Å²) in [6, 6.07) is 8.84. The van der Waals surface area contributed by atoms with Crippen molar-refractivity contribution in [2.45, 2.75) is 11.8 Å². The van der Waals surface area contributed by atoms with Crippen LogP contribution in [0.3, 0.4) is 0 Å². The molecular formula is C10H12N4O3S. The predicted molar refractivity (Wildman–Crippen MR) is 63.4 cm³/mol. The van der Waals surface area contributed by atoms with Crippen molar-refractivity contribution >= 4 is 10.0 Å². The molecule has 7 nitrogen and oxygen atoms in total. The van der Waals surface area contributed by atoms with E-state index in [2.05, 4.69) is 10.2 Å². The normalized spacial score (nSPS) is 11.7. The maximum atomic E-state index is 11.5. The molecule has 0 aliphatic carbocycles. The first kappa shape index (κ1) is 12.7. The number of hydrogen-bond acceptors (Lipinski definition) is 5. The first-order valence-corrected chi connectivity index (χ1v) is 6.60. The summed E-state index contributed by atoms with van der Waals surface area (Å²) in [5.41, 5.74) is 0.610. The van der Waals surface area contributed by atoms with Crippen LogP contribution in [0.2, 0.25) is 0 Å². The van der Waals surface area contributed by atoms with Crippen LogP contribution in [0.25, 0.3) is 5.69 Å². The van der Waals surface area contributed by atoms with E-state index in [9.17, 15) is 8.42 Å². The molecule has 0 atom stereocenters. The molecule has 0 radical (unpaired) electrons. The summed E-state index contributed by atoms with van der Waals surface area (Å²) >= 11 is 0. The van der Waals surface area contributed by atoms with Gasteiger partial charge in [0, 0.05) is 12.8 Å². The van der Waals surface area contributed by atoms with Gasteiger partial charge in [0.15, 0.2) is 5.82 Å². The van der Waals surface area contributed by atoms with Crippen molar-refractivity contribution in [3.63, 3.8) is 0 Å². The van der Waals surface area contributed by atoms with Crippen LogP contribution in [0.1, 0.15) is 5.82 Å². The molecule has 0 bridgehead atoms. The van der Waals surface area contributed by atoms with Gasteiger partial charge in [-0.2, -0.15) is 0 Å². The standard InChI is InChI=1S/C10H12N4O3S/c1-17-7-9-12-13-10(18(11,15)16)14(9)8-5-3-2-4-6-8/h2-6H,7H2,1H3,(H2,11,15,16). The number of nitrogens with two attached hydrogens (primary N) is 1. The molecule has 0 saturated heterocycles. The quantitative estimate of drug-likeness (QED) is 0.845. The van der Waals surface area contributed by atoms with E-state index in [1.807, 2.05) is 6.07 Å². The van der Waals surface area contributed by atoms with Gasteiger partial charge in [0.2, 0.25) is 0 Å². The third-order valence-electron chi connectivity index (χ3n) is 2.24. The van der Waals surface area contributed by atoms with E-state index < -0.39 is 10.0 Å². The van der Waals surface area contributed by atoms with Crippen molar-refractivity contribution in [1.82, 2.24) is 14.8 Å². The van der Waals surface area contributed by atoms with Gasteiger partial charge >= 0.3 is 0 Å². The lowest BCUT2D eigenvalue weighted by Gasteiger charge is -2.08. The minimum absolute atomic E-state index is 0.136. The molecule has 0 aliphatic heterocycles. The van der Waals surface area contributed by atoms with Crippen molar-refractivity contribution in [2.24, 2.45) is 5.14 Å². The Hall–Kier alpha value is -1.77. The highest BCUT2D eigenvalue weighted by atomic mass is 32.2. The molecule has 96 valence electrons. The van der Waals surface area contributed by atoms with Gasteiger partial charge in [-0.15, -0.1) is 10.2 Å². The van der Waals surface area contributed by atoms with Crippen LogP contribution in [-0.2, 0) is 21.4 Å². The maximum Gasteiger partial charge on any atom is 0.274 e. The highest BCUT2D eigenvalue weighted by molar-refractivity contribution is 7.89. The zero-order valence-electron chi connectivity index (χ0n) is 9.65. The molecule has 0 fully saturated rings. The lowest BCUT2D eigenvalue weighted by atomic mass is 10.3. The van der Waals surface area contributed by atoms with Crippen LogP contribution in [0.4, 0.5) is 0 Å². The second-order valence-corrected chi connectivity index (χ2v) is 5.00. The molecule has 2 rings (SSSR count). The zero-order valence-corrected chi connectivity index (χ0v) is 10.5. The molecule has 1 aromatic heterocycles. The molecule has 2 N–H and O–H groups in total. The van der Waals surface area contributed by atoms with Gasteiger partial charge < -0.3 is 4.74 Å². The third kappa shape index (κ3) is 2.40. The van der Waals surface area contributed by atoms with E-state index in [0.29, 0.717) is 11.5 Å². The van der Waals surface area contributed by atoms with Crippen molar-refractivity contribution in [1.29, 1.82) is 0 Å². The Kier molecular flexibility index (Phi) is 3.41. The van der Waals surface area contributed by atoms with Gasteiger partial charge in [-0.1, -0.05) is 18.2 Å². The summed E-state index contributed by atoms with van der Waals surface area (Å²) in [5, 5.41) is 12.2. The molecule has 1 aromatic carbocycles. The number of benzene rings is 1. The van der Waals surface area contributed by atoms with Crippen LogP contribution in [0.15, 0.2) is 35.5 Å². The Bertz CT molecular complexity index is 636. The van der Waals surface area contributed by atoms with Crippen molar-refractivity contribution in [2.75, 3.05) is 7.11 Å². The number of sulfonamides is 1. The Balaban J connectivity index is 2.65. The molecule has 0 unspecified atom stereocenters. The van der Waals surface area contributed by atoms with Gasteiger partial charge in [0.05, 0.1) is 0 Å². The molecule has 0 saturated carbocycles. The minimum Gasteiger partial charge on any atom is -0.377 e. The summed E-state index contributed by atoms with van der Waals surface area (Å²) in [7, 11) is -2.46. The van der Waals surface area contributed by atoms with E-state index in [4.69, 9.17) is 9.88 Å². The summed E-state index contributed by atoms with van der Waals surface area (Å²) in [5.74, 6) is 0.368. The first-order valence-electron chi connectivity index (χ1n) is 5.05. The number of hydrogen-bond donors (Lipinski definition) is 1. The molecule has 0 amide bonds. The van der Waals surface area contributed by atoms with Crippen molar-refractivity contribution in [3.05, 3.63) is 36.2 Å². The van der Waals surface area contributed by atoms with Gasteiger partial charge in [0.25, 0.3) is 15.2 Å². The molecule has 2 aromatic rings. The van der Waals surface area contributed by atoms with E-state index in [1.54, 1.807) is 24.3 Å². The SMILES string of the molecule is COCc1nnc(S(N)(=O)=O)n1-c1ccccc1. The first-order chi connectivity index (χ1) is 8.54. The van der Waals surface area contributed by atoms with E-state index >= 15 is 0 Å². The lowest BCUT2D eigenvalue weighted by molar-refractivity contribution is 0.176. The Morgan fingerprint density at radius 3 is 2.50 bits per heavy atom. The molecule has 1 heterocycles. The van der Waals surface area contributed by atoms with E-state index in [0.717, 1.165) is 0 Å². The average Bonchev–Trinajstić information content (AvgIpc) is 2.74. The van der Waals surface area contributed by atoms with Crippen molar-refractivity contribution in [3.8, 4) is 5.69 Å². The average molecular weight is 268 g/mol. The largest absolute Gasteiger partial charge is 0.377 e. The maximum absolute atomic E-state index is 11.5. The Morgan fingerprint density at radius 1 is 1.28 bits per heavy atom. The number of nitrogens with zero attached hydrogens (tertiary/aromatic N) is 3. The number of ether oxygens (including phenoxy) is 1. The minimum atomic E-state index is -3.95. The fourth-order valence-electron chi connectivity index (χ4n) is 1.54. The number of aromatic nitrogens is 3. The van der Waals surface area contributed by atoms with Crippen LogP contribution < -0.4 is 5.14 Å². The number of methoxy groups -OCH3 is 1. The van der Waals surface area contributed by atoms with Gasteiger partial charge in [-0.05, 0) is 12.1 Å². The fraction of sp³-hybridized carbons (Fsp3) is 0.200. The van der Waals surface area contributed by atoms with Crippen molar-refractivity contribution < 1.29 is 13.2 Å². The van der Waals surface area contributed by atoms with Crippen LogP contribution >= 0.6 is 0 Å². The smallest absolute Gasteiger partial charge is 0.274 e. The highest BCUT2D eigenvalue weighted by Crippen LogP contribution is 2.16. The Labute approximate surface area is 104 Å². The van der Waals surface area contributed by atoms with Crippen LogP contribution in [-0.4, -0.2) is 30.3 Å². The van der Waals surface area contributed by atoms with Gasteiger partial charge in [-0.3, -0.25) is 4.57 Å². The second-order valence-electron chi connectivity index (χ2n) is 3.55. The number of primary sulfonamides is 1. The molecule has 8 heteroatoms. The highest BCUT2D eigenvalue weighted by Gasteiger charge is 2.21. The summed E-state index contributed by atoms with van der Waals surface area (Å²) in [6.45, 7) is 0.136. The number of para-hydroxylation sites is 1. The predicted octanol–water partition coefficient (Wildman–Crippen LogP) is 0.0611. The molecule has 0 aliphatic rings. The summed E-state index contributed by atoms with van der Waals surface area (Å²) in [4.78, 5) is 0. The van der Waals surface area contributed by atoms with Gasteiger partial charge in [-0.25, -0.2) is 13.6 Å². The molecular weight excluding hydrogens is 256 g/mol. The van der Waals surface area contributed by atoms with Gasteiger partial charge in [0.1, 0.15) is 6.61 Å². The monoisotopic (exact) mass is 268 g/mol. The number of rotatable bonds is 4. The second kappa shape index (κ2) is 4.84. The van der Waals surface area contributed by atoms with Crippen LogP contribution in [0, 0.1) is 0 Å². The Morgan fingerprint density at radius 2 is 1.94 bits per heavy atom. The molecule has 0 spiro atoms. The van der Waals surface area contributed by atoms with Crippen LogP contribution in [0.5, 0.6) is 0 Å². The third-order valence-corrected chi connectivity index (χ3v) is 3.02. The summed E-state index contributed by atoms with van der Waals surface area (Å²) < 4.78 is 29.2. The topological polar surface area (TPSA) is 100 Å². The summed E-state index contributed by atoms with van der Waals surface area (Å²) in [6.07, 6.45) is 0. The van der Waals surface area contributed by atoms with E-state index in [-0.39, 0.29) is 11.8 Å².